The molecule has 0 aliphatic rings. The number of aromatic nitrogens is 1. The van der Waals surface area contributed by atoms with Gasteiger partial charge in [0.05, 0.1) is 10.6 Å². The number of hydrogen-bond acceptors (Lipinski definition) is 3. The SMILES string of the molecule is C[C@H](O)c1cccnc1Oc1ccc(Br)c(F)c1. The Kier molecular flexibility index (Phi) is 3.93. The maximum atomic E-state index is 13.3. The van der Waals surface area contributed by atoms with Gasteiger partial charge in [0, 0.05) is 17.8 Å². The van der Waals surface area contributed by atoms with Gasteiger partial charge in [0.25, 0.3) is 0 Å². The largest absolute Gasteiger partial charge is 0.439 e. The monoisotopic (exact) mass is 311 g/mol. The summed E-state index contributed by atoms with van der Waals surface area (Å²) < 4.78 is 19.2. The maximum absolute atomic E-state index is 13.3. The zero-order valence-corrected chi connectivity index (χ0v) is 11.2. The molecule has 2 rings (SSSR count). The highest BCUT2D eigenvalue weighted by atomic mass is 79.9. The predicted molar refractivity (Wildman–Crippen MR) is 69.0 cm³/mol. The minimum Gasteiger partial charge on any atom is -0.439 e. The van der Waals surface area contributed by atoms with Crippen LogP contribution in [0.15, 0.2) is 41.0 Å². The molecule has 94 valence electrons. The standard InChI is InChI=1S/C13H11BrFNO2/c1-8(17)10-3-2-6-16-13(10)18-9-4-5-11(14)12(15)7-9/h2-8,17H,1H3/t8-/m0/s1. The van der Waals surface area contributed by atoms with Crippen molar-refractivity contribution in [2.45, 2.75) is 13.0 Å². The van der Waals surface area contributed by atoms with Crippen LogP contribution in [0.3, 0.4) is 0 Å². The first-order valence-electron chi connectivity index (χ1n) is 5.34. The maximum Gasteiger partial charge on any atom is 0.225 e. The predicted octanol–water partition coefficient (Wildman–Crippen LogP) is 3.83. The van der Waals surface area contributed by atoms with E-state index in [1.54, 1.807) is 37.4 Å². The van der Waals surface area contributed by atoms with Crippen molar-refractivity contribution < 1.29 is 14.2 Å². The summed E-state index contributed by atoms with van der Waals surface area (Å²) in [5, 5.41) is 9.58. The van der Waals surface area contributed by atoms with E-state index in [0.29, 0.717) is 15.8 Å². The molecule has 0 spiro atoms. The van der Waals surface area contributed by atoms with Crippen LogP contribution in [-0.4, -0.2) is 10.1 Å². The van der Waals surface area contributed by atoms with Crippen molar-refractivity contribution >= 4 is 15.9 Å². The number of halogens is 2. The van der Waals surface area contributed by atoms with Crippen LogP contribution < -0.4 is 4.74 Å². The van der Waals surface area contributed by atoms with E-state index >= 15 is 0 Å². The molecule has 3 nitrogen and oxygen atoms in total. The van der Waals surface area contributed by atoms with Gasteiger partial charge in [-0.05, 0) is 47.1 Å². The molecule has 0 aliphatic heterocycles. The Labute approximate surface area is 112 Å². The number of pyridine rings is 1. The molecule has 1 atom stereocenters. The first-order valence-corrected chi connectivity index (χ1v) is 6.13. The van der Waals surface area contributed by atoms with Crippen LogP contribution in [0.1, 0.15) is 18.6 Å². The van der Waals surface area contributed by atoms with Gasteiger partial charge in [-0.25, -0.2) is 9.37 Å². The van der Waals surface area contributed by atoms with Gasteiger partial charge in [0.15, 0.2) is 0 Å². The highest BCUT2D eigenvalue weighted by Gasteiger charge is 2.11. The van der Waals surface area contributed by atoms with Crippen molar-refractivity contribution in [1.29, 1.82) is 0 Å². The fourth-order valence-electron chi connectivity index (χ4n) is 1.46. The highest BCUT2D eigenvalue weighted by molar-refractivity contribution is 9.10. The Morgan fingerprint density at radius 2 is 2.17 bits per heavy atom. The molecule has 0 saturated carbocycles. The molecule has 0 saturated heterocycles. The summed E-state index contributed by atoms with van der Waals surface area (Å²) >= 11 is 3.07. The summed E-state index contributed by atoms with van der Waals surface area (Å²) in [6.07, 6.45) is 0.852. The lowest BCUT2D eigenvalue weighted by molar-refractivity contribution is 0.194. The van der Waals surface area contributed by atoms with Gasteiger partial charge in [0.2, 0.25) is 5.88 Å². The van der Waals surface area contributed by atoms with Gasteiger partial charge >= 0.3 is 0 Å². The van der Waals surface area contributed by atoms with E-state index in [1.807, 2.05) is 0 Å². The second-order valence-electron chi connectivity index (χ2n) is 3.75. The first-order chi connectivity index (χ1) is 8.58. The minimum absolute atomic E-state index is 0.272. The summed E-state index contributed by atoms with van der Waals surface area (Å²) in [4.78, 5) is 4.03. The van der Waals surface area contributed by atoms with E-state index in [-0.39, 0.29) is 5.88 Å². The molecular formula is C13H11BrFNO2. The number of aliphatic hydroxyl groups is 1. The lowest BCUT2D eigenvalue weighted by atomic mass is 10.2. The van der Waals surface area contributed by atoms with Crippen molar-refractivity contribution in [1.82, 2.24) is 4.98 Å². The van der Waals surface area contributed by atoms with Crippen molar-refractivity contribution in [2.75, 3.05) is 0 Å². The van der Waals surface area contributed by atoms with Gasteiger partial charge in [-0.1, -0.05) is 0 Å². The summed E-state index contributed by atoms with van der Waals surface area (Å²) in [5.74, 6) is 0.188. The molecule has 0 amide bonds. The summed E-state index contributed by atoms with van der Waals surface area (Å²) in [6, 6.07) is 7.84. The third kappa shape index (κ3) is 2.86. The first kappa shape index (κ1) is 13.0. The lowest BCUT2D eigenvalue weighted by Crippen LogP contribution is -1.98. The van der Waals surface area contributed by atoms with Gasteiger partial charge in [-0.2, -0.15) is 0 Å². The number of hydrogen-bond donors (Lipinski definition) is 1. The fraction of sp³-hybridized carbons (Fsp3) is 0.154. The van der Waals surface area contributed by atoms with Crippen molar-refractivity contribution in [3.8, 4) is 11.6 Å². The number of benzene rings is 1. The molecule has 18 heavy (non-hydrogen) atoms. The van der Waals surface area contributed by atoms with Gasteiger partial charge in [0.1, 0.15) is 11.6 Å². The zero-order valence-electron chi connectivity index (χ0n) is 9.60. The topological polar surface area (TPSA) is 42.4 Å². The van der Waals surface area contributed by atoms with Crippen LogP contribution in [0.25, 0.3) is 0 Å². The molecule has 1 aromatic carbocycles. The molecule has 1 aromatic heterocycles. The van der Waals surface area contributed by atoms with Gasteiger partial charge in [-0.15, -0.1) is 0 Å². The molecule has 0 bridgehead atoms. The lowest BCUT2D eigenvalue weighted by Gasteiger charge is -2.11. The molecule has 0 aliphatic carbocycles. The van der Waals surface area contributed by atoms with Gasteiger partial charge < -0.3 is 9.84 Å². The number of nitrogens with zero attached hydrogens (tertiary/aromatic N) is 1. The Morgan fingerprint density at radius 1 is 1.39 bits per heavy atom. The zero-order chi connectivity index (χ0) is 13.1. The van der Waals surface area contributed by atoms with E-state index in [1.165, 1.54) is 6.07 Å². The molecule has 2 aromatic rings. The highest BCUT2D eigenvalue weighted by Crippen LogP contribution is 2.29. The van der Waals surface area contributed by atoms with Crippen LogP contribution >= 0.6 is 15.9 Å². The van der Waals surface area contributed by atoms with E-state index in [9.17, 15) is 9.50 Å². The molecule has 0 unspecified atom stereocenters. The average Bonchev–Trinajstić information content (AvgIpc) is 2.34. The van der Waals surface area contributed by atoms with E-state index in [0.717, 1.165) is 0 Å². The van der Waals surface area contributed by atoms with Crippen LogP contribution in [-0.2, 0) is 0 Å². The van der Waals surface area contributed by atoms with Gasteiger partial charge in [-0.3, -0.25) is 0 Å². The Bertz CT molecular complexity index is 560. The molecule has 1 heterocycles. The normalized spacial score (nSPS) is 12.2. The Hall–Kier alpha value is -1.46. The van der Waals surface area contributed by atoms with Crippen molar-refractivity contribution in [3.63, 3.8) is 0 Å². The Morgan fingerprint density at radius 3 is 2.83 bits per heavy atom. The van der Waals surface area contributed by atoms with Crippen LogP contribution in [0.4, 0.5) is 4.39 Å². The third-order valence-corrected chi connectivity index (χ3v) is 3.00. The molecule has 5 heteroatoms. The smallest absolute Gasteiger partial charge is 0.225 e. The second-order valence-corrected chi connectivity index (χ2v) is 4.61. The summed E-state index contributed by atoms with van der Waals surface area (Å²) in [5.41, 5.74) is 0.556. The quantitative estimate of drug-likeness (QED) is 0.936. The summed E-state index contributed by atoms with van der Waals surface area (Å²) in [7, 11) is 0. The molecular weight excluding hydrogens is 301 g/mol. The van der Waals surface area contributed by atoms with Crippen LogP contribution in [0.2, 0.25) is 0 Å². The number of ether oxygens (including phenoxy) is 1. The Balaban J connectivity index is 2.31. The van der Waals surface area contributed by atoms with Crippen LogP contribution in [0, 0.1) is 5.82 Å². The second kappa shape index (κ2) is 5.46. The third-order valence-electron chi connectivity index (χ3n) is 2.36. The number of rotatable bonds is 3. The van der Waals surface area contributed by atoms with E-state index in [4.69, 9.17) is 4.74 Å². The number of aliphatic hydroxyl groups excluding tert-OH is 1. The molecule has 1 N–H and O–H groups in total. The van der Waals surface area contributed by atoms with Crippen LogP contribution in [0.5, 0.6) is 11.6 Å². The summed E-state index contributed by atoms with van der Waals surface area (Å²) in [6.45, 7) is 1.62. The molecule has 0 fully saturated rings. The molecule has 0 radical (unpaired) electrons. The average molecular weight is 312 g/mol. The fourth-order valence-corrected chi connectivity index (χ4v) is 1.71. The van der Waals surface area contributed by atoms with E-state index in [2.05, 4.69) is 20.9 Å². The minimum atomic E-state index is -0.700. The van der Waals surface area contributed by atoms with E-state index < -0.39 is 11.9 Å². The van der Waals surface area contributed by atoms with Crippen molar-refractivity contribution in [2.24, 2.45) is 0 Å². The van der Waals surface area contributed by atoms with Crippen molar-refractivity contribution in [3.05, 3.63) is 52.4 Å².